The summed E-state index contributed by atoms with van der Waals surface area (Å²) < 4.78 is 5.07. The number of nitrogens with zero attached hydrogens (tertiary/aromatic N) is 2. The lowest BCUT2D eigenvalue weighted by atomic mass is 9.99. The Kier molecular flexibility index (Phi) is 10.4. The second kappa shape index (κ2) is 14.6. The Balaban J connectivity index is 0.000000168. The molecule has 0 aliphatic heterocycles. The van der Waals surface area contributed by atoms with Gasteiger partial charge in [-0.25, -0.2) is 0 Å². The number of benzene rings is 4. The van der Waals surface area contributed by atoms with E-state index >= 15 is 0 Å². The van der Waals surface area contributed by atoms with Gasteiger partial charge in [0.1, 0.15) is 0 Å². The van der Waals surface area contributed by atoms with Crippen LogP contribution in [0.3, 0.4) is 0 Å². The SMILES string of the molecule is CCCCC(CC)Cn1c2ccccc2c2ccccc21.CCCCC(CC)Cn1c2ccccc2c2ccccc21. The summed E-state index contributed by atoms with van der Waals surface area (Å²) in [5.74, 6) is 1.56. The molecular weight excluding hydrogens is 508 g/mol. The summed E-state index contributed by atoms with van der Waals surface area (Å²) in [5, 5.41) is 5.55. The molecule has 0 fully saturated rings. The smallest absolute Gasteiger partial charge is 0.0491 e. The van der Waals surface area contributed by atoms with Gasteiger partial charge in [-0.1, -0.05) is 139 Å². The lowest BCUT2D eigenvalue weighted by Gasteiger charge is -2.17. The molecule has 0 saturated carbocycles. The second-order valence-corrected chi connectivity index (χ2v) is 12.1. The quantitative estimate of drug-likeness (QED) is 0.141. The Morgan fingerprint density at radius 3 is 0.976 bits per heavy atom. The van der Waals surface area contributed by atoms with E-state index in [2.05, 4.69) is 134 Å². The number of para-hydroxylation sites is 4. The van der Waals surface area contributed by atoms with E-state index in [-0.39, 0.29) is 0 Å². The molecule has 0 spiro atoms. The number of aromatic nitrogens is 2. The third kappa shape index (κ3) is 6.43. The molecule has 0 saturated heterocycles. The zero-order chi connectivity index (χ0) is 29.3. The average Bonchev–Trinajstić information content (AvgIpc) is 3.54. The fraction of sp³-hybridized carbons (Fsp3) is 0.400. The van der Waals surface area contributed by atoms with Crippen molar-refractivity contribution in [3.05, 3.63) is 97.1 Å². The highest BCUT2D eigenvalue weighted by Gasteiger charge is 2.15. The Morgan fingerprint density at radius 2 is 0.714 bits per heavy atom. The molecule has 2 heterocycles. The zero-order valence-corrected chi connectivity index (χ0v) is 26.4. The number of hydrogen-bond donors (Lipinski definition) is 0. The van der Waals surface area contributed by atoms with Gasteiger partial charge in [0, 0.05) is 56.7 Å². The molecule has 0 amide bonds. The minimum Gasteiger partial charge on any atom is -0.340 e. The maximum atomic E-state index is 2.54. The van der Waals surface area contributed by atoms with E-state index in [9.17, 15) is 0 Å². The first-order valence-electron chi connectivity index (χ1n) is 16.6. The lowest BCUT2D eigenvalue weighted by molar-refractivity contribution is 0.401. The highest BCUT2D eigenvalue weighted by Crippen LogP contribution is 2.32. The largest absolute Gasteiger partial charge is 0.340 e. The molecule has 220 valence electrons. The molecule has 0 bridgehead atoms. The van der Waals surface area contributed by atoms with Gasteiger partial charge in [-0.15, -0.1) is 0 Å². The molecule has 2 unspecified atom stereocenters. The monoisotopic (exact) mass is 558 g/mol. The third-order valence-corrected chi connectivity index (χ3v) is 9.33. The molecule has 42 heavy (non-hydrogen) atoms. The van der Waals surface area contributed by atoms with Crippen LogP contribution in [0.25, 0.3) is 43.6 Å². The van der Waals surface area contributed by atoms with Crippen molar-refractivity contribution >= 4 is 43.6 Å². The predicted molar refractivity (Wildman–Crippen MR) is 185 cm³/mol. The van der Waals surface area contributed by atoms with Crippen LogP contribution in [0.4, 0.5) is 0 Å². The van der Waals surface area contributed by atoms with Gasteiger partial charge >= 0.3 is 0 Å². The highest BCUT2D eigenvalue weighted by atomic mass is 15.0. The maximum Gasteiger partial charge on any atom is 0.0491 e. The number of unbranched alkanes of at least 4 members (excludes halogenated alkanes) is 2. The van der Waals surface area contributed by atoms with Gasteiger partial charge in [0.25, 0.3) is 0 Å². The molecular formula is C40H50N2. The van der Waals surface area contributed by atoms with Gasteiger partial charge in [-0.3, -0.25) is 0 Å². The number of fused-ring (bicyclic) bond motifs is 6. The van der Waals surface area contributed by atoms with Crippen molar-refractivity contribution in [2.24, 2.45) is 11.8 Å². The van der Waals surface area contributed by atoms with Gasteiger partial charge in [-0.2, -0.15) is 0 Å². The van der Waals surface area contributed by atoms with E-state index in [0.29, 0.717) is 0 Å². The molecule has 0 N–H and O–H groups in total. The Morgan fingerprint density at radius 1 is 0.429 bits per heavy atom. The van der Waals surface area contributed by atoms with Crippen molar-refractivity contribution in [2.45, 2.75) is 92.2 Å². The summed E-state index contributed by atoms with van der Waals surface area (Å²) in [5.41, 5.74) is 5.53. The average molecular weight is 559 g/mol. The fourth-order valence-corrected chi connectivity index (χ4v) is 6.75. The molecule has 2 heteroatoms. The number of hydrogen-bond acceptors (Lipinski definition) is 0. The standard InChI is InChI=1S/2C20H25N/c2*1-3-5-10-16(4-2)15-21-19-13-8-6-11-17(19)18-12-7-9-14-20(18)21/h2*6-9,11-14,16H,3-5,10,15H2,1-2H3. The summed E-state index contributed by atoms with van der Waals surface area (Å²) in [4.78, 5) is 0. The first-order chi connectivity index (χ1) is 20.7. The van der Waals surface area contributed by atoms with E-state index in [0.717, 1.165) is 24.9 Å². The van der Waals surface area contributed by atoms with Gasteiger partial charge < -0.3 is 9.13 Å². The second-order valence-electron chi connectivity index (χ2n) is 12.1. The molecule has 2 nitrogen and oxygen atoms in total. The summed E-state index contributed by atoms with van der Waals surface area (Å²) in [7, 11) is 0. The van der Waals surface area contributed by atoms with Crippen LogP contribution in [0.2, 0.25) is 0 Å². The summed E-state index contributed by atoms with van der Waals surface area (Å²) >= 11 is 0. The predicted octanol–water partition coefficient (Wildman–Crippen LogP) is 12.0. The van der Waals surface area contributed by atoms with Gasteiger partial charge in [-0.05, 0) is 48.9 Å². The summed E-state index contributed by atoms with van der Waals surface area (Å²) in [6, 6.07) is 35.3. The third-order valence-electron chi connectivity index (χ3n) is 9.33. The zero-order valence-electron chi connectivity index (χ0n) is 26.4. The van der Waals surface area contributed by atoms with Crippen molar-refractivity contribution in [2.75, 3.05) is 0 Å². The van der Waals surface area contributed by atoms with Crippen LogP contribution in [0, 0.1) is 11.8 Å². The molecule has 4 aromatic carbocycles. The van der Waals surface area contributed by atoms with E-state index in [1.54, 1.807) is 0 Å². The van der Waals surface area contributed by atoms with Crippen LogP contribution < -0.4 is 0 Å². The lowest BCUT2D eigenvalue weighted by Crippen LogP contribution is -2.10. The highest BCUT2D eigenvalue weighted by molar-refractivity contribution is 6.08. The van der Waals surface area contributed by atoms with Gasteiger partial charge in [0.05, 0.1) is 0 Å². The van der Waals surface area contributed by atoms with E-state index < -0.39 is 0 Å². The van der Waals surface area contributed by atoms with Crippen LogP contribution in [0.1, 0.15) is 79.1 Å². The van der Waals surface area contributed by atoms with E-state index in [1.165, 1.54) is 95.0 Å². The topological polar surface area (TPSA) is 9.86 Å². The Hall–Kier alpha value is -3.52. The van der Waals surface area contributed by atoms with E-state index in [1.807, 2.05) is 0 Å². The van der Waals surface area contributed by atoms with Gasteiger partial charge in [0.15, 0.2) is 0 Å². The molecule has 0 aliphatic carbocycles. The van der Waals surface area contributed by atoms with Crippen molar-refractivity contribution in [1.29, 1.82) is 0 Å². The minimum atomic E-state index is 0.782. The fourth-order valence-electron chi connectivity index (χ4n) is 6.75. The summed E-state index contributed by atoms with van der Waals surface area (Å²) in [6.45, 7) is 11.5. The van der Waals surface area contributed by atoms with Crippen LogP contribution >= 0.6 is 0 Å². The molecule has 0 aliphatic rings. The molecule has 2 aromatic heterocycles. The van der Waals surface area contributed by atoms with Crippen molar-refractivity contribution in [3.8, 4) is 0 Å². The molecule has 0 radical (unpaired) electrons. The normalized spacial score (nSPS) is 13.0. The first-order valence-corrected chi connectivity index (χ1v) is 16.6. The van der Waals surface area contributed by atoms with Crippen LogP contribution in [0.5, 0.6) is 0 Å². The van der Waals surface area contributed by atoms with Crippen molar-refractivity contribution < 1.29 is 0 Å². The van der Waals surface area contributed by atoms with E-state index in [4.69, 9.17) is 0 Å². The van der Waals surface area contributed by atoms with Gasteiger partial charge in [0.2, 0.25) is 0 Å². The Labute approximate surface area is 253 Å². The molecule has 6 rings (SSSR count). The first kappa shape index (κ1) is 30.0. The maximum absolute atomic E-state index is 2.54. The van der Waals surface area contributed by atoms with Crippen molar-refractivity contribution in [1.82, 2.24) is 9.13 Å². The molecule has 6 aromatic rings. The molecule has 2 atom stereocenters. The van der Waals surface area contributed by atoms with Crippen LogP contribution in [-0.2, 0) is 13.1 Å². The summed E-state index contributed by atoms with van der Waals surface area (Å²) in [6.07, 6.45) is 10.5. The number of rotatable bonds is 12. The Bertz CT molecular complexity index is 1470. The minimum absolute atomic E-state index is 0.782. The van der Waals surface area contributed by atoms with Crippen LogP contribution in [-0.4, -0.2) is 9.13 Å². The van der Waals surface area contributed by atoms with Crippen molar-refractivity contribution in [3.63, 3.8) is 0 Å². The van der Waals surface area contributed by atoms with Crippen LogP contribution in [0.15, 0.2) is 97.1 Å².